The van der Waals surface area contributed by atoms with Crippen LogP contribution in [0.5, 0.6) is 0 Å². The van der Waals surface area contributed by atoms with Gasteiger partial charge in [-0.15, -0.1) is 0 Å². The van der Waals surface area contributed by atoms with E-state index in [9.17, 15) is 5.11 Å². The van der Waals surface area contributed by atoms with Gasteiger partial charge in [-0.25, -0.2) is 0 Å². The topological polar surface area (TPSA) is 32.7 Å². The fraction of sp³-hybridized carbons (Fsp3) is 0.625. The van der Waals surface area contributed by atoms with Crippen LogP contribution in [0.4, 0.5) is 0 Å². The molecule has 0 unspecified atom stereocenters. The van der Waals surface area contributed by atoms with Gasteiger partial charge in [-0.3, -0.25) is 4.90 Å². The Balaban J connectivity index is 2.06. The van der Waals surface area contributed by atoms with Crippen molar-refractivity contribution in [3.63, 3.8) is 0 Å². The van der Waals surface area contributed by atoms with Crippen molar-refractivity contribution in [1.82, 2.24) is 4.90 Å². The van der Waals surface area contributed by atoms with Gasteiger partial charge >= 0.3 is 0 Å². The molecular weight excluding hydrogens is 238 g/mol. The largest absolute Gasteiger partial charge is 0.389 e. The highest BCUT2D eigenvalue weighted by Crippen LogP contribution is 2.27. The molecule has 19 heavy (non-hydrogen) atoms. The Morgan fingerprint density at radius 1 is 1.37 bits per heavy atom. The number of aliphatic hydroxyl groups excluding tert-OH is 1. The van der Waals surface area contributed by atoms with Crippen molar-refractivity contribution in [1.29, 1.82) is 0 Å². The summed E-state index contributed by atoms with van der Waals surface area (Å²) in [6.45, 7) is 7.58. The molecule has 0 radical (unpaired) electrons. The van der Waals surface area contributed by atoms with Crippen molar-refractivity contribution >= 4 is 0 Å². The maximum Gasteiger partial charge on any atom is 0.0900 e. The number of rotatable bonds is 5. The molecule has 1 aromatic carbocycles. The third kappa shape index (κ3) is 3.56. The van der Waals surface area contributed by atoms with Gasteiger partial charge in [-0.2, -0.15) is 0 Å². The van der Waals surface area contributed by atoms with Gasteiger partial charge in [-0.1, -0.05) is 32.0 Å². The van der Waals surface area contributed by atoms with Gasteiger partial charge in [0.25, 0.3) is 0 Å². The van der Waals surface area contributed by atoms with Gasteiger partial charge in [0.2, 0.25) is 0 Å². The fourth-order valence-electron chi connectivity index (χ4n) is 2.94. The van der Waals surface area contributed by atoms with E-state index >= 15 is 0 Å². The van der Waals surface area contributed by atoms with Gasteiger partial charge in [-0.05, 0) is 29.0 Å². The zero-order valence-electron chi connectivity index (χ0n) is 12.2. The summed E-state index contributed by atoms with van der Waals surface area (Å²) in [6, 6.07) is 6.62. The number of nitrogens with zero attached hydrogens (tertiary/aromatic N) is 1. The number of methoxy groups -OCH3 is 1. The van der Waals surface area contributed by atoms with Crippen LogP contribution in [0.1, 0.15) is 36.5 Å². The first-order valence-corrected chi connectivity index (χ1v) is 7.11. The van der Waals surface area contributed by atoms with Gasteiger partial charge in [0.05, 0.1) is 12.7 Å². The first kappa shape index (κ1) is 14.5. The maximum atomic E-state index is 9.83. The van der Waals surface area contributed by atoms with Crippen LogP contribution in [-0.4, -0.2) is 42.9 Å². The first-order chi connectivity index (χ1) is 9.11. The maximum absolute atomic E-state index is 9.83. The third-order valence-electron chi connectivity index (χ3n) is 3.83. The molecule has 0 saturated heterocycles. The minimum Gasteiger partial charge on any atom is -0.389 e. The summed E-state index contributed by atoms with van der Waals surface area (Å²) < 4.78 is 4.99. The second kappa shape index (κ2) is 6.51. The molecule has 1 heterocycles. The second-order valence-corrected chi connectivity index (χ2v) is 5.73. The van der Waals surface area contributed by atoms with Gasteiger partial charge in [0.15, 0.2) is 0 Å². The lowest BCUT2D eigenvalue weighted by molar-refractivity contribution is 0.0346. The van der Waals surface area contributed by atoms with Crippen LogP contribution in [0.25, 0.3) is 0 Å². The van der Waals surface area contributed by atoms with E-state index in [0.29, 0.717) is 19.1 Å². The predicted molar refractivity (Wildman–Crippen MR) is 77.4 cm³/mol. The molecule has 3 heteroatoms. The summed E-state index contributed by atoms with van der Waals surface area (Å²) in [5.74, 6) is 0.584. The van der Waals surface area contributed by atoms with E-state index in [1.807, 2.05) is 0 Å². The highest BCUT2D eigenvalue weighted by atomic mass is 16.5. The molecule has 0 bridgehead atoms. The normalized spacial score (nSPS) is 17.5. The van der Waals surface area contributed by atoms with E-state index < -0.39 is 0 Å². The molecule has 0 aromatic heterocycles. The van der Waals surface area contributed by atoms with E-state index in [1.54, 1.807) is 7.11 Å². The highest BCUT2D eigenvalue weighted by molar-refractivity contribution is 5.38. The second-order valence-electron chi connectivity index (χ2n) is 5.73. The number of benzene rings is 1. The van der Waals surface area contributed by atoms with E-state index in [2.05, 4.69) is 36.9 Å². The number of hydrogen-bond acceptors (Lipinski definition) is 3. The number of hydrogen-bond donors (Lipinski definition) is 1. The first-order valence-electron chi connectivity index (χ1n) is 7.11. The van der Waals surface area contributed by atoms with Crippen LogP contribution in [-0.2, 0) is 17.7 Å². The summed E-state index contributed by atoms with van der Waals surface area (Å²) in [7, 11) is 1.63. The Bertz CT molecular complexity index is 417. The zero-order chi connectivity index (χ0) is 13.8. The van der Waals surface area contributed by atoms with E-state index in [4.69, 9.17) is 4.74 Å². The molecule has 106 valence electrons. The lowest BCUT2D eigenvalue weighted by atomic mass is 9.89. The van der Waals surface area contributed by atoms with Crippen LogP contribution in [0.3, 0.4) is 0 Å². The average Bonchev–Trinajstić information content (AvgIpc) is 2.37. The number of fused-ring (bicyclic) bond motifs is 1. The Morgan fingerprint density at radius 3 is 2.84 bits per heavy atom. The molecule has 1 aliphatic heterocycles. The minimum absolute atomic E-state index is 0.389. The molecule has 0 aliphatic carbocycles. The lowest BCUT2D eigenvalue weighted by Crippen LogP contribution is -2.38. The van der Waals surface area contributed by atoms with Crippen LogP contribution in [0.15, 0.2) is 18.2 Å². The van der Waals surface area contributed by atoms with Crippen molar-refractivity contribution in [2.75, 3.05) is 26.8 Å². The average molecular weight is 263 g/mol. The smallest absolute Gasteiger partial charge is 0.0900 e. The monoisotopic (exact) mass is 263 g/mol. The molecule has 0 fully saturated rings. The van der Waals surface area contributed by atoms with Crippen LogP contribution in [0, 0.1) is 0 Å². The minimum atomic E-state index is -0.389. The Hall–Kier alpha value is -0.900. The number of aliphatic hydroxyl groups is 1. The summed E-state index contributed by atoms with van der Waals surface area (Å²) in [5.41, 5.74) is 4.42. The van der Waals surface area contributed by atoms with Crippen LogP contribution in [0.2, 0.25) is 0 Å². The summed E-state index contributed by atoms with van der Waals surface area (Å²) in [4.78, 5) is 2.32. The Labute approximate surface area is 116 Å². The van der Waals surface area contributed by atoms with Gasteiger partial charge in [0, 0.05) is 26.7 Å². The van der Waals surface area contributed by atoms with E-state index in [0.717, 1.165) is 19.5 Å². The quantitative estimate of drug-likeness (QED) is 0.884. The number of ether oxygens (including phenoxy) is 1. The standard InChI is InChI=1S/C16H25NO2/c1-12(2)15-6-4-5-13-9-17(8-7-16(13)15)10-14(18)11-19-3/h4-6,12,14,18H,7-11H2,1-3H3/t14-/m0/s1. The molecule has 3 nitrogen and oxygen atoms in total. The summed E-state index contributed by atoms with van der Waals surface area (Å²) in [6.07, 6.45) is 0.698. The predicted octanol–water partition coefficient (Wildman–Crippen LogP) is 2.18. The Kier molecular flexibility index (Phi) is 4.97. The van der Waals surface area contributed by atoms with Crippen molar-refractivity contribution in [3.05, 3.63) is 34.9 Å². The fourth-order valence-corrected chi connectivity index (χ4v) is 2.94. The molecule has 1 aromatic rings. The summed E-state index contributed by atoms with van der Waals surface area (Å²) >= 11 is 0. The lowest BCUT2D eigenvalue weighted by Gasteiger charge is -2.32. The van der Waals surface area contributed by atoms with Crippen molar-refractivity contribution in [2.45, 2.75) is 38.8 Å². The Morgan fingerprint density at radius 2 is 2.16 bits per heavy atom. The third-order valence-corrected chi connectivity index (χ3v) is 3.83. The zero-order valence-corrected chi connectivity index (χ0v) is 12.2. The molecular formula is C16H25NO2. The highest BCUT2D eigenvalue weighted by Gasteiger charge is 2.21. The number of β-amino-alcohol motifs (C(OH)–C–C–N with tert-alkyl or cyclic N) is 1. The molecule has 1 atom stereocenters. The molecule has 1 aliphatic rings. The van der Waals surface area contributed by atoms with E-state index in [1.165, 1.54) is 16.7 Å². The van der Waals surface area contributed by atoms with Crippen molar-refractivity contribution in [3.8, 4) is 0 Å². The molecule has 0 amide bonds. The SMILES string of the molecule is COC[C@@H](O)CN1CCc2c(cccc2C(C)C)C1. The van der Waals surface area contributed by atoms with Crippen LogP contribution < -0.4 is 0 Å². The molecule has 1 N–H and O–H groups in total. The molecule has 0 saturated carbocycles. The van der Waals surface area contributed by atoms with Gasteiger partial charge in [0.1, 0.15) is 0 Å². The van der Waals surface area contributed by atoms with Gasteiger partial charge < -0.3 is 9.84 Å². The van der Waals surface area contributed by atoms with Crippen molar-refractivity contribution in [2.24, 2.45) is 0 Å². The van der Waals surface area contributed by atoms with Crippen molar-refractivity contribution < 1.29 is 9.84 Å². The molecule has 2 rings (SSSR count). The van der Waals surface area contributed by atoms with Crippen LogP contribution >= 0.6 is 0 Å². The summed E-state index contributed by atoms with van der Waals surface area (Å²) in [5, 5.41) is 9.83. The molecule has 0 spiro atoms. The van der Waals surface area contributed by atoms with E-state index in [-0.39, 0.29) is 6.10 Å².